The monoisotopic (exact) mass is 180 g/mol. The van der Waals surface area contributed by atoms with E-state index >= 15 is 0 Å². The van der Waals surface area contributed by atoms with E-state index in [2.05, 4.69) is 18.3 Å². The molecule has 0 aromatic heterocycles. The smallest absolute Gasteiger partial charge is 0.0656 e. The van der Waals surface area contributed by atoms with E-state index in [1.165, 1.54) is 25.7 Å². The van der Waals surface area contributed by atoms with Crippen LogP contribution in [0.1, 0.15) is 45.4 Å². The molecule has 2 unspecified atom stereocenters. The van der Waals surface area contributed by atoms with E-state index in [1.807, 2.05) is 0 Å². The number of hydrogen-bond donors (Lipinski definition) is 1. The molecule has 2 nitrogen and oxygen atoms in total. The third kappa shape index (κ3) is 3.78. The highest BCUT2D eigenvalue weighted by molar-refractivity contribution is 4.89. The van der Waals surface area contributed by atoms with E-state index in [4.69, 9.17) is 5.26 Å². The van der Waals surface area contributed by atoms with E-state index in [9.17, 15) is 0 Å². The number of rotatable bonds is 4. The molecule has 0 heterocycles. The first kappa shape index (κ1) is 10.5. The molecule has 1 rings (SSSR count). The van der Waals surface area contributed by atoms with Crippen LogP contribution in [0.3, 0.4) is 0 Å². The number of nitrogens with zero attached hydrogens (tertiary/aromatic N) is 1. The van der Waals surface area contributed by atoms with Gasteiger partial charge in [-0.05, 0) is 32.2 Å². The minimum atomic E-state index is 0.313. The molecule has 74 valence electrons. The fraction of sp³-hybridized carbons (Fsp3) is 0.909. The van der Waals surface area contributed by atoms with Crippen molar-refractivity contribution < 1.29 is 0 Å². The molecule has 0 spiro atoms. The van der Waals surface area contributed by atoms with Gasteiger partial charge in [-0.2, -0.15) is 5.26 Å². The lowest BCUT2D eigenvalue weighted by molar-refractivity contribution is 0.327. The highest BCUT2D eigenvalue weighted by Gasteiger charge is 2.20. The summed E-state index contributed by atoms with van der Waals surface area (Å²) in [5.74, 6) is 0.313. The molecule has 0 aromatic rings. The zero-order valence-electron chi connectivity index (χ0n) is 8.55. The van der Waals surface area contributed by atoms with Crippen molar-refractivity contribution in [2.24, 2.45) is 5.92 Å². The normalized spacial score (nSPS) is 28.3. The summed E-state index contributed by atoms with van der Waals surface area (Å²) in [5.41, 5.74) is 0. The number of unbranched alkanes of at least 4 members (excludes halogenated alkanes) is 1. The summed E-state index contributed by atoms with van der Waals surface area (Å²) in [5, 5.41) is 12.3. The van der Waals surface area contributed by atoms with Crippen molar-refractivity contribution >= 4 is 0 Å². The highest BCUT2D eigenvalue weighted by atomic mass is 14.9. The second kappa shape index (κ2) is 5.99. The summed E-state index contributed by atoms with van der Waals surface area (Å²) in [4.78, 5) is 0. The molecule has 1 fully saturated rings. The van der Waals surface area contributed by atoms with Crippen molar-refractivity contribution in [3.63, 3.8) is 0 Å². The molecule has 2 heteroatoms. The van der Waals surface area contributed by atoms with Crippen molar-refractivity contribution in [1.29, 1.82) is 5.26 Å². The Morgan fingerprint density at radius 3 is 3.00 bits per heavy atom. The molecule has 0 saturated heterocycles. The Kier molecular flexibility index (Phi) is 4.85. The maximum atomic E-state index is 8.80. The summed E-state index contributed by atoms with van der Waals surface area (Å²) < 4.78 is 0. The molecule has 1 aliphatic rings. The standard InChI is InChI=1S/C11H20N2/c1-2-3-7-13-11-6-4-5-10(8-11)9-12/h10-11,13H,2-8H2,1H3. The van der Waals surface area contributed by atoms with Crippen molar-refractivity contribution in [3.8, 4) is 6.07 Å². The highest BCUT2D eigenvalue weighted by Crippen LogP contribution is 2.23. The molecule has 0 radical (unpaired) electrons. The molecule has 0 aromatic carbocycles. The minimum Gasteiger partial charge on any atom is -0.314 e. The van der Waals surface area contributed by atoms with Gasteiger partial charge in [0.25, 0.3) is 0 Å². The quantitative estimate of drug-likeness (QED) is 0.675. The van der Waals surface area contributed by atoms with E-state index in [0.717, 1.165) is 19.4 Å². The molecule has 0 amide bonds. The zero-order valence-corrected chi connectivity index (χ0v) is 8.55. The van der Waals surface area contributed by atoms with E-state index in [1.54, 1.807) is 0 Å². The SMILES string of the molecule is CCCCNC1CCCC(C#N)C1. The Morgan fingerprint density at radius 2 is 2.31 bits per heavy atom. The molecule has 1 saturated carbocycles. The first-order valence-electron chi connectivity index (χ1n) is 5.49. The average molecular weight is 180 g/mol. The Labute approximate surface area is 81.3 Å². The topological polar surface area (TPSA) is 35.8 Å². The Balaban J connectivity index is 2.15. The molecule has 13 heavy (non-hydrogen) atoms. The second-order valence-electron chi connectivity index (χ2n) is 4.00. The van der Waals surface area contributed by atoms with Crippen LogP contribution < -0.4 is 5.32 Å². The largest absolute Gasteiger partial charge is 0.314 e. The second-order valence-corrected chi connectivity index (χ2v) is 4.00. The first-order chi connectivity index (χ1) is 6.36. The number of nitriles is 1. The van der Waals surface area contributed by atoms with Crippen molar-refractivity contribution in [1.82, 2.24) is 5.32 Å². The van der Waals surface area contributed by atoms with Crippen LogP contribution in [0, 0.1) is 17.2 Å². The maximum absolute atomic E-state index is 8.80. The number of hydrogen-bond acceptors (Lipinski definition) is 2. The van der Waals surface area contributed by atoms with Gasteiger partial charge in [-0.1, -0.05) is 19.8 Å². The van der Waals surface area contributed by atoms with Gasteiger partial charge in [0, 0.05) is 12.0 Å². The maximum Gasteiger partial charge on any atom is 0.0656 e. The minimum absolute atomic E-state index is 0.313. The molecule has 1 aliphatic carbocycles. The van der Waals surface area contributed by atoms with Gasteiger partial charge < -0.3 is 5.32 Å². The van der Waals surface area contributed by atoms with Gasteiger partial charge in [0.2, 0.25) is 0 Å². The van der Waals surface area contributed by atoms with Crippen molar-refractivity contribution in [3.05, 3.63) is 0 Å². The van der Waals surface area contributed by atoms with E-state index in [0.29, 0.717) is 12.0 Å². The van der Waals surface area contributed by atoms with E-state index < -0.39 is 0 Å². The van der Waals surface area contributed by atoms with Crippen LogP contribution in [0.25, 0.3) is 0 Å². The molecule has 1 N–H and O–H groups in total. The van der Waals surface area contributed by atoms with Crippen LogP contribution in [-0.4, -0.2) is 12.6 Å². The summed E-state index contributed by atoms with van der Waals surface area (Å²) in [7, 11) is 0. The summed E-state index contributed by atoms with van der Waals surface area (Å²) in [6, 6.07) is 3.00. The molecule has 0 bridgehead atoms. The predicted molar refractivity (Wildman–Crippen MR) is 54.3 cm³/mol. The third-order valence-electron chi connectivity index (χ3n) is 2.82. The van der Waals surface area contributed by atoms with Crippen LogP contribution in [0.2, 0.25) is 0 Å². The van der Waals surface area contributed by atoms with Crippen LogP contribution in [-0.2, 0) is 0 Å². The molecule has 2 atom stereocenters. The van der Waals surface area contributed by atoms with Crippen LogP contribution in [0.5, 0.6) is 0 Å². The van der Waals surface area contributed by atoms with Gasteiger partial charge in [-0.3, -0.25) is 0 Å². The van der Waals surface area contributed by atoms with E-state index in [-0.39, 0.29) is 0 Å². The lowest BCUT2D eigenvalue weighted by atomic mass is 9.87. The van der Waals surface area contributed by atoms with Crippen LogP contribution in [0.15, 0.2) is 0 Å². The van der Waals surface area contributed by atoms with Gasteiger partial charge in [0.15, 0.2) is 0 Å². The molecular formula is C11H20N2. The Hall–Kier alpha value is -0.550. The summed E-state index contributed by atoms with van der Waals surface area (Å²) >= 11 is 0. The molecular weight excluding hydrogens is 160 g/mol. The van der Waals surface area contributed by atoms with Gasteiger partial charge in [-0.25, -0.2) is 0 Å². The van der Waals surface area contributed by atoms with Gasteiger partial charge >= 0.3 is 0 Å². The fourth-order valence-electron chi connectivity index (χ4n) is 1.98. The Morgan fingerprint density at radius 1 is 1.46 bits per heavy atom. The average Bonchev–Trinajstić information content (AvgIpc) is 2.19. The van der Waals surface area contributed by atoms with Crippen molar-refractivity contribution in [2.75, 3.05) is 6.54 Å². The van der Waals surface area contributed by atoms with Crippen LogP contribution in [0.4, 0.5) is 0 Å². The first-order valence-corrected chi connectivity index (χ1v) is 5.49. The summed E-state index contributed by atoms with van der Waals surface area (Å²) in [6.07, 6.45) is 7.18. The number of nitrogens with one attached hydrogen (secondary N) is 1. The predicted octanol–water partition coefficient (Wildman–Crippen LogP) is 2.46. The lowest BCUT2D eigenvalue weighted by Gasteiger charge is -2.26. The molecule has 0 aliphatic heterocycles. The summed E-state index contributed by atoms with van der Waals surface area (Å²) in [6.45, 7) is 3.33. The van der Waals surface area contributed by atoms with Gasteiger partial charge in [0.1, 0.15) is 0 Å². The fourth-order valence-corrected chi connectivity index (χ4v) is 1.98. The van der Waals surface area contributed by atoms with Crippen LogP contribution >= 0.6 is 0 Å². The zero-order chi connectivity index (χ0) is 9.52. The third-order valence-corrected chi connectivity index (χ3v) is 2.82. The van der Waals surface area contributed by atoms with Gasteiger partial charge in [0.05, 0.1) is 6.07 Å². The van der Waals surface area contributed by atoms with Crippen molar-refractivity contribution in [2.45, 2.75) is 51.5 Å². The Bertz CT molecular complexity index is 171. The lowest BCUT2D eigenvalue weighted by Crippen LogP contribution is -2.34. The van der Waals surface area contributed by atoms with Gasteiger partial charge in [-0.15, -0.1) is 0 Å².